The van der Waals surface area contributed by atoms with E-state index in [4.69, 9.17) is 6.42 Å². The molecule has 1 aromatic rings. The average Bonchev–Trinajstić information content (AvgIpc) is 2.22. The van der Waals surface area contributed by atoms with Crippen molar-refractivity contribution in [2.45, 2.75) is 13.0 Å². The van der Waals surface area contributed by atoms with Gasteiger partial charge in [-0.25, -0.2) is 4.39 Å². The lowest BCUT2D eigenvalue weighted by molar-refractivity contribution is -0.384. The van der Waals surface area contributed by atoms with Gasteiger partial charge in [-0.1, -0.05) is 5.92 Å². The molecule has 0 fully saturated rings. The highest BCUT2D eigenvalue weighted by Gasteiger charge is 2.18. The van der Waals surface area contributed by atoms with Crippen molar-refractivity contribution >= 4 is 27.3 Å². The van der Waals surface area contributed by atoms with Gasteiger partial charge in [0.25, 0.3) is 5.69 Å². The van der Waals surface area contributed by atoms with Crippen LogP contribution in [0, 0.1) is 28.3 Å². The van der Waals surface area contributed by atoms with Crippen molar-refractivity contribution in [3.8, 4) is 12.3 Å². The monoisotopic (exact) mass is 286 g/mol. The Morgan fingerprint density at radius 3 is 2.81 bits per heavy atom. The van der Waals surface area contributed by atoms with Crippen molar-refractivity contribution in [1.29, 1.82) is 0 Å². The number of nitro benzene ring substituents is 1. The molecule has 0 aromatic heterocycles. The number of nitro groups is 1. The highest BCUT2D eigenvalue weighted by Crippen LogP contribution is 2.30. The van der Waals surface area contributed by atoms with E-state index in [-0.39, 0.29) is 21.9 Å². The zero-order valence-corrected chi connectivity index (χ0v) is 9.92. The van der Waals surface area contributed by atoms with Crippen molar-refractivity contribution in [3.63, 3.8) is 0 Å². The summed E-state index contributed by atoms with van der Waals surface area (Å²) in [6, 6.07) is 1.76. The van der Waals surface area contributed by atoms with E-state index in [0.29, 0.717) is 0 Å². The van der Waals surface area contributed by atoms with Crippen LogP contribution in [0.2, 0.25) is 0 Å². The molecular weight excluding hydrogens is 279 g/mol. The molecule has 0 radical (unpaired) electrons. The third kappa shape index (κ3) is 2.70. The smallest absolute Gasteiger partial charge is 0.295 e. The summed E-state index contributed by atoms with van der Waals surface area (Å²) in [7, 11) is 0. The van der Waals surface area contributed by atoms with Crippen LogP contribution in [0.15, 0.2) is 16.6 Å². The Hall–Kier alpha value is -1.61. The Bertz CT molecular complexity index is 471. The maximum Gasteiger partial charge on any atom is 0.295 e. The van der Waals surface area contributed by atoms with E-state index in [2.05, 4.69) is 27.2 Å². The summed E-state index contributed by atoms with van der Waals surface area (Å²) in [5.41, 5.74) is -0.161. The van der Waals surface area contributed by atoms with E-state index >= 15 is 0 Å². The summed E-state index contributed by atoms with van der Waals surface area (Å²) in [6.45, 7) is 1.67. The summed E-state index contributed by atoms with van der Waals surface area (Å²) in [5.74, 6) is 1.68. The zero-order valence-electron chi connectivity index (χ0n) is 8.33. The van der Waals surface area contributed by atoms with Gasteiger partial charge in [-0.2, -0.15) is 0 Å². The Kier molecular flexibility index (Phi) is 3.85. The van der Waals surface area contributed by atoms with Gasteiger partial charge in [0.2, 0.25) is 0 Å². The third-order valence-corrected chi connectivity index (χ3v) is 2.47. The molecule has 1 N–H and O–H groups in total. The number of anilines is 1. The van der Waals surface area contributed by atoms with Crippen LogP contribution in [-0.4, -0.2) is 11.0 Å². The number of nitrogens with zero attached hydrogens (tertiary/aromatic N) is 1. The molecule has 1 unspecified atom stereocenters. The molecule has 0 aliphatic heterocycles. The average molecular weight is 287 g/mol. The van der Waals surface area contributed by atoms with Crippen molar-refractivity contribution in [3.05, 3.63) is 32.5 Å². The molecule has 0 saturated heterocycles. The first-order valence-corrected chi connectivity index (χ1v) is 5.11. The number of hydrogen-bond donors (Lipinski definition) is 1. The molecular formula is C10H8BrFN2O2. The van der Waals surface area contributed by atoms with Gasteiger partial charge in [-0.05, 0) is 28.9 Å². The van der Waals surface area contributed by atoms with Gasteiger partial charge >= 0.3 is 0 Å². The standard InChI is InChI=1S/C10H8BrFN2O2/c1-3-6(2)13-9-4-7(11)8(12)5-10(9)14(15)16/h1,4-6,13H,2H3. The molecule has 0 saturated carbocycles. The number of terminal acetylenes is 1. The second-order valence-corrected chi connectivity index (χ2v) is 3.93. The van der Waals surface area contributed by atoms with E-state index in [9.17, 15) is 14.5 Å². The lowest BCUT2D eigenvalue weighted by Gasteiger charge is -2.10. The van der Waals surface area contributed by atoms with Gasteiger partial charge in [0, 0.05) is 0 Å². The van der Waals surface area contributed by atoms with E-state index in [1.807, 2.05) is 0 Å². The topological polar surface area (TPSA) is 55.2 Å². The molecule has 4 nitrogen and oxygen atoms in total. The minimum Gasteiger partial charge on any atom is -0.366 e. The predicted octanol–water partition coefficient (Wildman–Crippen LogP) is 2.93. The third-order valence-electron chi connectivity index (χ3n) is 1.86. The minimum absolute atomic E-state index is 0.143. The first kappa shape index (κ1) is 12.5. The van der Waals surface area contributed by atoms with Gasteiger partial charge in [0.05, 0.1) is 21.5 Å². The summed E-state index contributed by atoms with van der Waals surface area (Å²) in [5, 5.41) is 13.4. The van der Waals surface area contributed by atoms with Crippen LogP contribution in [0.1, 0.15) is 6.92 Å². The summed E-state index contributed by atoms with van der Waals surface area (Å²) >= 11 is 2.95. The maximum atomic E-state index is 13.1. The lowest BCUT2D eigenvalue weighted by Crippen LogP contribution is -2.13. The first-order chi connectivity index (χ1) is 7.45. The normalized spacial score (nSPS) is 11.6. The van der Waals surface area contributed by atoms with Crippen molar-refractivity contribution in [2.75, 3.05) is 5.32 Å². The number of hydrogen-bond acceptors (Lipinski definition) is 3. The fraction of sp³-hybridized carbons (Fsp3) is 0.200. The molecule has 6 heteroatoms. The van der Waals surface area contributed by atoms with Gasteiger partial charge < -0.3 is 5.32 Å². The van der Waals surface area contributed by atoms with Crippen LogP contribution in [-0.2, 0) is 0 Å². The van der Waals surface area contributed by atoms with Gasteiger partial charge in [-0.15, -0.1) is 6.42 Å². The fourth-order valence-corrected chi connectivity index (χ4v) is 1.42. The minimum atomic E-state index is -0.689. The van der Waals surface area contributed by atoms with Crippen molar-refractivity contribution < 1.29 is 9.31 Å². The second kappa shape index (κ2) is 4.94. The van der Waals surface area contributed by atoms with E-state index in [0.717, 1.165) is 6.07 Å². The quantitative estimate of drug-likeness (QED) is 0.528. The molecule has 0 heterocycles. The van der Waals surface area contributed by atoms with Gasteiger partial charge in [0.15, 0.2) is 0 Å². The molecule has 0 bridgehead atoms. The van der Waals surface area contributed by atoms with Crippen molar-refractivity contribution in [1.82, 2.24) is 0 Å². The SMILES string of the molecule is C#CC(C)Nc1cc(Br)c(F)cc1[N+](=O)[O-]. The first-order valence-electron chi connectivity index (χ1n) is 4.31. The van der Waals surface area contributed by atoms with E-state index in [1.54, 1.807) is 6.92 Å². The maximum absolute atomic E-state index is 13.1. The van der Waals surface area contributed by atoms with Crippen LogP contribution < -0.4 is 5.32 Å². The molecule has 1 atom stereocenters. The Morgan fingerprint density at radius 2 is 2.31 bits per heavy atom. The molecule has 0 aliphatic carbocycles. The van der Waals surface area contributed by atoms with Crippen LogP contribution in [0.5, 0.6) is 0 Å². The number of halogens is 2. The molecule has 0 spiro atoms. The van der Waals surface area contributed by atoms with Crippen LogP contribution in [0.3, 0.4) is 0 Å². The van der Waals surface area contributed by atoms with Gasteiger partial charge in [-0.3, -0.25) is 10.1 Å². The Morgan fingerprint density at radius 1 is 1.69 bits per heavy atom. The molecule has 16 heavy (non-hydrogen) atoms. The molecule has 0 aliphatic rings. The van der Waals surface area contributed by atoms with E-state index in [1.165, 1.54) is 6.07 Å². The zero-order chi connectivity index (χ0) is 12.3. The summed E-state index contributed by atoms with van der Waals surface area (Å²) < 4.78 is 13.3. The fourth-order valence-electron chi connectivity index (χ4n) is 1.08. The largest absolute Gasteiger partial charge is 0.366 e. The highest BCUT2D eigenvalue weighted by molar-refractivity contribution is 9.10. The molecule has 0 amide bonds. The molecule has 1 aromatic carbocycles. The van der Waals surface area contributed by atoms with Crippen molar-refractivity contribution in [2.24, 2.45) is 0 Å². The molecule has 1 rings (SSSR count). The van der Waals surface area contributed by atoms with Crippen LogP contribution in [0.4, 0.5) is 15.8 Å². The Balaban J connectivity index is 3.21. The van der Waals surface area contributed by atoms with Crippen LogP contribution >= 0.6 is 15.9 Å². The lowest BCUT2D eigenvalue weighted by atomic mass is 10.2. The Labute approximate surface area is 100 Å². The summed E-state index contributed by atoms with van der Waals surface area (Å²) in [4.78, 5) is 10.0. The second-order valence-electron chi connectivity index (χ2n) is 3.07. The summed E-state index contributed by atoms with van der Waals surface area (Å²) in [6.07, 6.45) is 5.15. The number of nitrogens with one attached hydrogen (secondary N) is 1. The number of rotatable bonds is 3. The molecule has 84 valence electrons. The highest BCUT2D eigenvalue weighted by atomic mass is 79.9. The van der Waals surface area contributed by atoms with Crippen LogP contribution in [0.25, 0.3) is 0 Å². The van der Waals surface area contributed by atoms with Gasteiger partial charge in [0.1, 0.15) is 11.5 Å². The predicted molar refractivity (Wildman–Crippen MR) is 62.7 cm³/mol. The number of benzene rings is 1. The van der Waals surface area contributed by atoms with E-state index < -0.39 is 10.7 Å².